The number of aromatic nitrogens is 1. The van der Waals surface area contributed by atoms with Gasteiger partial charge in [0.15, 0.2) is 0 Å². The predicted molar refractivity (Wildman–Crippen MR) is 112 cm³/mol. The number of unbranched alkanes of at least 4 members (excludes halogenated alkanes) is 1. The van der Waals surface area contributed by atoms with Gasteiger partial charge in [0.05, 0.1) is 11.1 Å². The van der Waals surface area contributed by atoms with E-state index in [1.54, 1.807) is 0 Å². The van der Waals surface area contributed by atoms with E-state index in [1.165, 1.54) is 4.90 Å². The molecule has 4 heteroatoms. The van der Waals surface area contributed by atoms with Gasteiger partial charge in [-0.05, 0) is 29.7 Å². The summed E-state index contributed by atoms with van der Waals surface area (Å²) in [6.45, 7) is 2.52. The summed E-state index contributed by atoms with van der Waals surface area (Å²) in [7, 11) is 0. The number of nitrogens with zero attached hydrogens (tertiary/aromatic N) is 1. The molecule has 1 aromatic heterocycles. The first kappa shape index (κ1) is 16.8. The van der Waals surface area contributed by atoms with Crippen molar-refractivity contribution < 1.29 is 9.59 Å². The van der Waals surface area contributed by atoms with Crippen LogP contribution in [0.3, 0.4) is 0 Å². The molecule has 0 atom stereocenters. The Balaban J connectivity index is 1.87. The maximum Gasteiger partial charge on any atom is 0.262 e. The minimum absolute atomic E-state index is 0.180. The molecule has 0 bridgehead atoms. The molecule has 1 N–H and O–H groups in total. The normalized spacial score (nSPS) is 13.7. The summed E-state index contributed by atoms with van der Waals surface area (Å²) in [4.78, 5) is 31.5. The third kappa shape index (κ3) is 2.31. The van der Waals surface area contributed by atoms with E-state index in [9.17, 15) is 9.59 Å². The maximum absolute atomic E-state index is 13.3. The highest BCUT2D eigenvalue weighted by Gasteiger charge is 2.39. The summed E-state index contributed by atoms with van der Waals surface area (Å²) in [5.74, 6) is -0.361. The third-order valence-corrected chi connectivity index (χ3v) is 5.53. The Morgan fingerprint density at radius 2 is 1.57 bits per heavy atom. The number of H-pyrrole nitrogens is 1. The van der Waals surface area contributed by atoms with E-state index in [1.807, 2.05) is 60.7 Å². The lowest BCUT2D eigenvalue weighted by molar-refractivity contribution is 0.0653. The zero-order valence-electron chi connectivity index (χ0n) is 15.7. The highest BCUT2D eigenvalue weighted by atomic mass is 16.2. The van der Waals surface area contributed by atoms with Gasteiger partial charge in [-0.1, -0.05) is 61.9 Å². The molecule has 3 aromatic carbocycles. The fraction of sp³-hybridized carbons (Fsp3) is 0.167. The quantitative estimate of drug-likeness (QED) is 0.491. The zero-order valence-corrected chi connectivity index (χ0v) is 15.7. The first-order chi connectivity index (χ1) is 13.7. The molecule has 0 unspecified atom stereocenters. The molecular formula is C24H20N2O2. The van der Waals surface area contributed by atoms with Crippen molar-refractivity contribution in [2.45, 2.75) is 19.8 Å². The van der Waals surface area contributed by atoms with Crippen molar-refractivity contribution in [3.8, 4) is 11.1 Å². The summed E-state index contributed by atoms with van der Waals surface area (Å²) in [6.07, 6.45) is 1.74. The molecule has 4 nitrogen and oxygen atoms in total. The van der Waals surface area contributed by atoms with Crippen LogP contribution in [0.15, 0.2) is 60.7 Å². The van der Waals surface area contributed by atoms with Crippen molar-refractivity contribution in [2.24, 2.45) is 0 Å². The number of amides is 2. The van der Waals surface area contributed by atoms with Crippen LogP contribution in [0, 0.1) is 0 Å². The fourth-order valence-corrected chi connectivity index (χ4v) is 4.18. The first-order valence-corrected chi connectivity index (χ1v) is 9.69. The van der Waals surface area contributed by atoms with Crippen LogP contribution in [0.2, 0.25) is 0 Å². The van der Waals surface area contributed by atoms with Crippen molar-refractivity contribution in [2.75, 3.05) is 6.54 Å². The smallest absolute Gasteiger partial charge is 0.262 e. The Kier molecular flexibility index (Phi) is 3.79. The minimum atomic E-state index is -0.181. The summed E-state index contributed by atoms with van der Waals surface area (Å²) < 4.78 is 0. The zero-order chi connectivity index (χ0) is 19.3. The van der Waals surface area contributed by atoms with E-state index in [-0.39, 0.29) is 11.8 Å². The van der Waals surface area contributed by atoms with E-state index in [2.05, 4.69) is 11.9 Å². The van der Waals surface area contributed by atoms with Crippen LogP contribution in [-0.4, -0.2) is 28.2 Å². The molecule has 2 heterocycles. The van der Waals surface area contributed by atoms with E-state index < -0.39 is 0 Å². The number of hydrogen-bond donors (Lipinski definition) is 1. The molecule has 28 heavy (non-hydrogen) atoms. The largest absolute Gasteiger partial charge is 0.354 e. The second-order valence-electron chi connectivity index (χ2n) is 7.25. The molecule has 138 valence electrons. The molecule has 1 aliphatic heterocycles. The fourth-order valence-electron chi connectivity index (χ4n) is 4.18. The molecule has 0 spiro atoms. The average molecular weight is 368 g/mol. The van der Waals surface area contributed by atoms with Crippen molar-refractivity contribution in [3.63, 3.8) is 0 Å². The Morgan fingerprint density at radius 1 is 0.857 bits per heavy atom. The molecule has 0 aliphatic carbocycles. The SMILES string of the molecule is CCCCN1C(=O)c2c(-c3ccccc3)cc3[nH]c4ccccc4c3c2C1=O. The molecular weight excluding hydrogens is 348 g/mol. The lowest BCUT2D eigenvalue weighted by atomic mass is 9.93. The minimum Gasteiger partial charge on any atom is -0.354 e. The number of nitrogens with one attached hydrogen (secondary N) is 1. The average Bonchev–Trinajstić information content (AvgIpc) is 3.22. The maximum atomic E-state index is 13.3. The number of para-hydroxylation sites is 1. The number of carbonyl (C=O) groups excluding carboxylic acids is 2. The number of rotatable bonds is 4. The van der Waals surface area contributed by atoms with E-state index >= 15 is 0 Å². The topological polar surface area (TPSA) is 53.2 Å². The lowest BCUT2D eigenvalue weighted by Gasteiger charge is -2.13. The molecule has 1 aliphatic rings. The van der Waals surface area contributed by atoms with Gasteiger partial charge in [-0.2, -0.15) is 0 Å². The molecule has 5 rings (SSSR count). The van der Waals surface area contributed by atoms with Gasteiger partial charge in [0.1, 0.15) is 0 Å². The predicted octanol–water partition coefficient (Wildman–Crippen LogP) is 5.38. The van der Waals surface area contributed by atoms with Crippen LogP contribution in [0.1, 0.15) is 40.5 Å². The lowest BCUT2D eigenvalue weighted by Crippen LogP contribution is -2.30. The van der Waals surface area contributed by atoms with E-state index in [4.69, 9.17) is 0 Å². The van der Waals surface area contributed by atoms with Crippen molar-refractivity contribution in [1.82, 2.24) is 9.88 Å². The van der Waals surface area contributed by atoms with Crippen molar-refractivity contribution in [1.29, 1.82) is 0 Å². The van der Waals surface area contributed by atoms with Crippen LogP contribution >= 0.6 is 0 Å². The third-order valence-electron chi connectivity index (χ3n) is 5.53. The monoisotopic (exact) mass is 368 g/mol. The van der Waals surface area contributed by atoms with Crippen molar-refractivity contribution in [3.05, 3.63) is 71.8 Å². The van der Waals surface area contributed by atoms with Crippen LogP contribution < -0.4 is 0 Å². The van der Waals surface area contributed by atoms with Gasteiger partial charge in [0.2, 0.25) is 0 Å². The Bertz CT molecular complexity index is 1240. The second kappa shape index (κ2) is 6.34. The Labute approximate surface area is 162 Å². The molecule has 0 fully saturated rings. The van der Waals surface area contributed by atoms with Gasteiger partial charge < -0.3 is 4.98 Å². The second-order valence-corrected chi connectivity index (χ2v) is 7.25. The number of imide groups is 1. The molecule has 0 saturated heterocycles. The van der Waals surface area contributed by atoms with Crippen molar-refractivity contribution >= 4 is 33.6 Å². The number of aromatic amines is 1. The Morgan fingerprint density at radius 3 is 2.36 bits per heavy atom. The highest BCUT2D eigenvalue weighted by molar-refractivity contribution is 6.32. The summed E-state index contributed by atoms with van der Waals surface area (Å²) in [6, 6.07) is 19.8. The summed E-state index contributed by atoms with van der Waals surface area (Å²) in [5.41, 5.74) is 4.68. The summed E-state index contributed by atoms with van der Waals surface area (Å²) in [5, 5.41) is 1.83. The van der Waals surface area contributed by atoms with Crippen LogP contribution in [0.5, 0.6) is 0 Å². The molecule has 4 aromatic rings. The number of carbonyl (C=O) groups is 2. The Hall–Kier alpha value is -3.40. The van der Waals surface area contributed by atoms with Gasteiger partial charge in [-0.3, -0.25) is 14.5 Å². The number of benzene rings is 3. The van der Waals surface area contributed by atoms with Gasteiger partial charge in [-0.25, -0.2) is 0 Å². The molecule has 0 saturated carbocycles. The van der Waals surface area contributed by atoms with Crippen LogP contribution in [0.25, 0.3) is 32.9 Å². The standard InChI is InChI=1S/C24H20N2O2/c1-2-3-13-26-23(27)21-17(15-9-5-4-6-10-15)14-19-20(22(21)24(26)28)16-11-7-8-12-18(16)25-19/h4-12,14,25H,2-3,13H2,1H3. The van der Waals surface area contributed by atoms with Gasteiger partial charge >= 0.3 is 0 Å². The van der Waals surface area contributed by atoms with Gasteiger partial charge in [0, 0.05) is 28.4 Å². The van der Waals surface area contributed by atoms with Gasteiger partial charge in [0.25, 0.3) is 11.8 Å². The molecule has 0 radical (unpaired) electrons. The van der Waals surface area contributed by atoms with Gasteiger partial charge in [-0.15, -0.1) is 0 Å². The summed E-state index contributed by atoms with van der Waals surface area (Å²) >= 11 is 0. The highest BCUT2D eigenvalue weighted by Crippen LogP contribution is 2.40. The molecule has 2 amide bonds. The van der Waals surface area contributed by atoms with Crippen LogP contribution in [0.4, 0.5) is 0 Å². The van der Waals surface area contributed by atoms with E-state index in [0.717, 1.165) is 45.8 Å². The number of hydrogen-bond acceptors (Lipinski definition) is 2. The van der Waals surface area contributed by atoms with E-state index in [0.29, 0.717) is 17.7 Å². The first-order valence-electron chi connectivity index (χ1n) is 9.69. The van der Waals surface area contributed by atoms with Crippen LogP contribution in [-0.2, 0) is 0 Å². The number of fused-ring (bicyclic) bond motifs is 5.